The van der Waals surface area contributed by atoms with Gasteiger partial charge in [0.1, 0.15) is 11.5 Å². The van der Waals surface area contributed by atoms with Gasteiger partial charge in [0.2, 0.25) is 0 Å². The summed E-state index contributed by atoms with van der Waals surface area (Å²) in [6.07, 6.45) is 0. The standard InChI is InChI=1S/C45H50I2O2/c1-25(2)30-20-22-34(32-16-12-14-18-38(32)48-10)40(27(5)6)42(30)36-24-37(45(47)29(9)44(36)46)43-31(26(3)4)21-23-35(41(43)28(7)8)33-17-13-15-19-39(33)49-11/h12-28H,1-11H3. The maximum Gasteiger partial charge on any atom is 0.126 e. The highest BCUT2D eigenvalue weighted by Gasteiger charge is 2.28. The molecule has 5 rings (SSSR count). The first kappa shape index (κ1) is 37.4. The number of methoxy groups -OCH3 is 2. The van der Waals surface area contributed by atoms with Crippen LogP contribution >= 0.6 is 45.2 Å². The number of para-hydroxylation sites is 2. The molecule has 0 radical (unpaired) electrons. The lowest BCUT2D eigenvalue weighted by Gasteiger charge is -2.28. The second-order valence-electron chi connectivity index (χ2n) is 14.2. The molecule has 0 saturated heterocycles. The number of halogens is 2. The minimum atomic E-state index is 0.291. The van der Waals surface area contributed by atoms with Crippen LogP contribution in [0, 0.1) is 14.1 Å². The molecule has 0 spiro atoms. The van der Waals surface area contributed by atoms with Gasteiger partial charge in [0.25, 0.3) is 0 Å². The van der Waals surface area contributed by atoms with Gasteiger partial charge < -0.3 is 9.47 Å². The molecule has 0 unspecified atom stereocenters. The summed E-state index contributed by atoms with van der Waals surface area (Å²) in [4.78, 5) is 0. The lowest BCUT2D eigenvalue weighted by molar-refractivity contribution is 0.416. The predicted molar refractivity (Wildman–Crippen MR) is 228 cm³/mol. The van der Waals surface area contributed by atoms with Crippen molar-refractivity contribution in [2.75, 3.05) is 14.2 Å². The second kappa shape index (κ2) is 15.6. The molecule has 0 heterocycles. The average molecular weight is 877 g/mol. The van der Waals surface area contributed by atoms with Crippen LogP contribution in [0.2, 0.25) is 0 Å². The molecule has 5 aromatic carbocycles. The zero-order chi connectivity index (χ0) is 35.7. The summed E-state index contributed by atoms with van der Waals surface area (Å²) >= 11 is 5.23. The van der Waals surface area contributed by atoms with Gasteiger partial charge in [-0.1, -0.05) is 116 Å². The van der Waals surface area contributed by atoms with Crippen LogP contribution in [0.25, 0.3) is 44.5 Å². The van der Waals surface area contributed by atoms with Crippen molar-refractivity contribution in [2.24, 2.45) is 0 Å². The number of rotatable bonds is 10. The molecule has 5 aromatic rings. The molecule has 0 aliphatic rings. The lowest BCUT2D eigenvalue weighted by Crippen LogP contribution is -2.08. The van der Waals surface area contributed by atoms with Crippen molar-refractivity contribution in [2.45, 2.75) is 86.0 Å². The van der Waals surface area contributed by atoms with Crippen LogP contribution in [-0.4, -0.2) is 14.2 Å². The van der Waals surface area contributed by atoms with Crippen molar-refractivity contribution in [1.82, 2.24) is 0 Å². The number of ether oxygens (including phenoxy) is 2. The summed E-state index contributed by atoms with van der Waals surface area (Å²) in [7, 11) is 3.54. The third kappa shape index (κ3) is 7.06. The van der Waals surface area contributed by atoms with Crippen LogP contribution in [0.3, 0.4) is 0 Å². The molecule has 0 N–H and O–H groups in total. The van der Waals surface area contributed by atoms with E-state index < -0.39 is 0 Å². The fraction of sp³-hybridized carbons (Fsp3) is 0.333. The number of hydrogen-bond acceptors (Lipinski definition) is 2. The largest absolute Gasteiger partial charge is 0.496 e. The van der Waals surface area contributed by atoms with E-state index in [2.05, 4.69) is 186 Å². The summed E-state index contributed by atoms with van der Waals surface area (Å²) in [6, 6.07) is 28.8. The minimum absolute atomic E-state index is 0.291. The Labute approximate surface area is 322 Å². The molecule has 2 nitrogen and oxygen atoms in total. The van der Waals surface area contributed by atoms with Gasteiger partial charge in [0.15, 0.2) is 0 Å². The van der Waals surface area contributed by atoms with Gasteiger partial charge in [0, 0.05) is 18.3 Å². The van der Waals surface area contributed by atoms with Crippen molar-refractivity contribution in [3.05, 3.63) is 114 Å². The van der Waals surface area contributed by atoms with E-state index in [4.69, 9.17) is 9.47 Å². The highest BCUT2D eigenvalue weighted by atomic mass is 127. The molecule has 0 bridgehead atoms. The number of benzene rings is 5. The Morgan fingerprint density at radius 2 is 0.816 bits per heavy atom. The van der Waals surface area contributed by atoms with Crippen molar-refractivity contribution >= 4 is 45.2 Å². The van der Waals surface area contributed by atoms with Gasteiger partial charge in [-0.2, -0.15) is 0 Å². The molecule has 256 valence electrons. The predicted octanol–water partition coefficient (Wildman–Crippen LogP) is 14.4. The third-order valence-corrected chi connectivity index (χ3v) is 12.5. The smallest absolute Gasteiger partial charge is 0.126 e. The molecular weight excluding hydrogens is 826 g/mol. The summed E-state index contributed by atoms with van der Waals surface area (Å²) in [5.74, 6) is 3.09. The minimum Gasteiger partial charge on any atom is -0.496 e. The molecule has 49 heavy (non-hydrogen) atoms. The first-order valence-corrected chi connectivity index (χ1v) is 19.6. The van der Waals surface area contributed by atoms with E-state index in [1.165, 1.54) is 68.3 Å². The molecule has 0 saturated carbocycles. The van der Waals surface area contributed by atoms with E-state index >= 15 is 0 Å². The van der Waals surface area contributed by atoms with Crippen molar-refractivity contribution in [1.29, 1.82) is 0 Å². The Morgan fingerprint density at radius 1 is 0.449 bits per heavy atom. The van der Waals surface area contributed by atoms with Crippen LogP contribution in [0.15, 0.2) is 78.9 Å². The van der Waals surface area contributed by atoms with Gasteiger partial charge in [0.05, 0.1) is 14.2 Å². The fourth-order valence-corrected chi connectivity index (χ4v) is 9.28. The van der Waals surface area contributed by atoms with E-state index in [1.807, 2.05) is 0 Å². The maximum absolute atomic E-state index is 5.92. The maximum atomic E-state index is 5.92. The Balaban J connectivity index is 1.96. The quantitative estimate of drug-likeness (QED) is 0.130. The normalized spacial score (nSPS) is 11.7. The van der Waals surface area contributed by atoms with Gasteiger partial charge in [-0.3, -0.25) is 0 Å². The van der Waals surface area contributed by atoms with Crippen molar-refractivity contribution in [3.63, 3.8) is 0 Å². The second-order valence-corrected chi connectivity index (χ2v) is 16.4. The molecule has 0 aliphatic heterocycles. The molecule has 4 heteroatoms. The van der Waals surface area contributed by atoms with Crippen LogP contribution in [0.4, 0.5) is 0 Å². The molecule has 0 amide bonds. The van der Waals surface area contributed by atoms with E-state index in [1.54, 1.807) is 14.2 Å². The van der Waals surface area contributed by atoms with Crippen LogP contribution in [-0.2, 0) is 0 Å². The first-order chi connectivity index (χ1) is 23.3. The highest BCUT2D eigenvalue weighted by Crippen LogP contribution is 2.50. The summed E-state index contributed by atoms with van der Waals surface area (Å²) in [6.45, 7) is 20.9. The SMILES string of the molecule is COc1ccccc1-c1ccc(C(C)C)c(-c2cc(-c3c(C(C)C)ccc(-c4ccccc4OC)c3C(C)C)c(I)c(C)c2I)c1C(C)C. The van der Waals surface area contributed by atoms with E-state index in [0.717, 1.165) is 22.6 Å². The molecule has 0 fully saturated rings. The van der Waals surface area contributed by atoms with E-state index in [-0.39, 0.29) is 0 Å². The first-order valence-electron chi connectivity index (χ1n) is 17.4. The monoisotopic (exact) mass is 876 g/mol. The zero-order valence-electron chi connectivity index (χ0n) is 30.9. The van der Waals surface area contributed by atoms with Gasteiger partial charge in [-0.05, 0) is 155 Å². The van der Waals surface area contributed by atoms with Crippen molar-refractivity contribution < 1.29 is 9.47 Å². The van der Waals surface area contributed by atoms with Crippen LogP contribution in [0.5, 0.6) is 11.5 Å². The summed E-state index contributed by atoms with van der Waals surface area (Å²) in [5, 5.41) is 0. The van der Waals surface area contributed by atoms with Gasteiger partial charge >= 0.3 is 0 Å². The Hall–Kier alpha value is -2.84. The summed E-state index contributed by atoms with van der Waals surface area (Å²) < 4.78 is 14.5. The molecule has 0 aliphatic carbocycles. The average Bonchev–Trinajstić information content (AvgIpc) is 3.09. The van der Waals surface area contributed by atoms with E-state index in [0.29, 0.717) is 23.7 Å². The molecule has 0 aromatic heterocycles. The van der Waals surface area contributed by atoms with Gasteiger partial charge in [-0.25, -0.2) is 0 Å². The van der Waals surface area contributed by atoms with Crippen LogP contribution in [0.1, 0.15) is 107 Å². The topological polar surface area (TPSA) is 18.5 Å². The fourth-order valence-electron chi connectivity index (χ4n) is 7.37. The zero-order valence-corrected chi connectivity index (χ0v) is 35.2. The van der Waals surface area contributed by atoms with Gasteiger partial charge in [-0.15, -0.1) is 0 Å². The Bertz CT molecular complexity index is 1840. The van der Waals surface area contributed by atoms with E-state index in [9.17, 15) is 0 Å². The molecule has 0 atom stereocenters. The van der Waals surface area contributed by atoms with Crippen molar-refractivity contribution in [3.8, 4) is 56.0 Å². The Kier molecular flexibility index (Phi) is 11.9. The van der Waals surface area contributed by atoms with Crippen LogP contribution < -0.4 is 9.47 Å². The third-order valence-electron chi connectivity index (χ3n) is 9.71. The lowest BCUT2D eigenvalue weighted by atomic mass is 9.77. The summed E-state index contributed by atoms with van der Waals surface area (Å²) in [5.41, 5.74) is 16.9. The highest BCUT2D eigenvalue weighted by molar-refractivity contribution is 14.1. The molecular formula is C45H50I2O2. The Morgan fingerprint density at radius 3 is 1.14 bits per heavy atom. The number of hydrogen-bond donors (Lipinski definition) is 0.